The fraction of sp³-hybridized carbons (Fsp3) is 0.217. The molecule has 1 aromatic heterocycles. The highest BCUT2D eigenvalue weighted by Gasteiger charge is 2.33. The van der Waals surface area contributed by atoms with Crippen molar-refractivity contribution >= 4 is 27.4 Å². The van der Waals surface area contributed by atoms with Crippen molar-refractivity contribution < 1.29 is 26.4 Å². The van der Waals surface area contributed by atoms with Crippen molar-refractivity contribution in [3.05, 3.63) is 83.8 Å². The molecule has 178 valence electrons. The summed E-state index contributed by atoms with van der Waals surface area (Å²) in [5.74, 6) is -4.75. The van der Waals surface area contributed by atoms with E-state index in [0.29, 0.717) is 23.5 Å². The zero-order valence-electron chi connectivity index (χ0n) is 18.2. The van der Waals surface area contributed by atoms with Crippen molar-refractivity contribution in [2.24, 2.45) is 0 Å². The van der Waals surface area contributed by atoms with Gasteiger partial charge < -0.3 is 9.80 Å². The SMILES string of the molecule is CN(c1ccccc1)c1ccc(C(=O)N2CCN(S(=O)(=O)c3ccc(F)c(F)c3F)CC2)cn1. The van der Waals surface area contributed by atoms with Gasteiger partial charge in [0.05, 0.1) is 5.56 Å². The molecule has 0 unspecified atom stereocenters. The zero-order chi connectivity index (χ0) is 24.5. The van der Waals surface area contributed by atoms with Crippen LogP contribution in [0.1, 0.15) is 10.4 Å². The van der Waals surface area contributed by atoms with Crippen LogP contribution in [0.5, 0.6) is 0 Å². The molecular weight excluding hydrogens is 469 g/mol. The molecule has 1 amide bonds. The molecule has 0 aliphatic carbocycles. The van der Waals surface area contributed by atoms with E-state index in [1.807, 2.05) is 42.3 Å². The quantitative estimate of drug-likeness (QED) is 0.513. The maximum atomic E-state index is 14.0. The highest BCUT2D eigenvalue weighted by molar-refractivity contribution is 7.89. The average molecular weight is 491 g/mol. The van der Waals surface area contributed by atoms with Gasteiger partial charge in [-0.15, -0.1) is 0 Å². The van der Waals surface area contributed by atoms with Crippen molar-refractivity contribution in [3.8, 4) is 0 Å². The van der Waals surface area contributed by atoms with Gasteiger partial charge in [-0.05, 0) is 36.4 Å². The highest BCUT2D eigenvalue weighted by atomic mass is 32.2. The van der Waals surface area contributed by atoms with Crippen molar-refractivity contribution in [1.82, 2.24) is 14.2 Å². The smallest absolute Gasteiger partial charge is 0.255 e. The van der Waals surface area contributed by atoms with Crippen molar-refractivity contribution in [3.63, 3.8) is 0 Å². The monoisotopic (exact) mass is 490 g/mol. The zero-order valence-corrected chi connectivity index (χ0v) is 19.0. The van der Waals surface area contributed by atoms with E-state index in [0.717, 1.165) is 9.99 Å². The molecule has 2 aromatic carbocycles. The van der Waals surface area contributed by atoms with Gasteiger partial charge >= 0.3 is 0 Å². The molecule has 7 nitrogen and oxygen atoms in total. The third kappa shape index (κ3) is 4.48. The van der Waals surface area contributed by atoms with Crippen LogP contribution in [0.25, 0.3) is 0 Å². The lowest BCUT2D eigenvalue weighted by Crippen LogP contribution is -2.50. The Hall–Kier alpha value is -3.44. The summed E-state index contributed by atoms with van der Waals surface area (Å²) in [7, 11) is -2.54. The van der Waals surface area contributed by atoms with E-state index in [1.165, 1.54) is 11.1 Å². The third-order valence-corrected chi connectivity index (χ3v) is 7.54. The Morgan fingerprint density at radius 2 is 1.59 bits per heavy atom. The second-order valence-corrected chi connectivity index (χ2v) is 9.58. The number of piperazine rings is 1. The number of benzene rings is 2. The molecule has 1 saturated heterocycles. The summed E-state index contributed by atoms with van der Waals surface area (Å²) < 4.78 is 67.1. The van der Waals surface area contributed by atoms with E-state index < -0.39 is 32.4 Å². The number of aromatic nitrogens is 1. The second kappa shape index (κ2) is 9.43. The van der Waals surface area contributed by atoms with Gasteiger partial charge in [0.1, 0.15) is 10.7 Å². The van der Waals surface area contributed by atoms with Gasteiger partial charge in [0.2, 0.25) is 10.0 Å². The van der Waals surface area contributed by atoms with Crippen LogP contribution < -0.4 is 4.90 Å². The molecule has 0 radical (unpaired) electrons. The van der Waals surface area contributed by atoms with Gasteiger partial charge in [0.15, 0.2) is 17.5 Å². The minimum absolute atomic E-state index is 0.0506. The molecule has 0 bridgehead atoms. The van der Waals surface area contributed by atoms with E-state index in [-0.39, 0.29) is 32.1 Å². The van der Waals surface area contributed by atoms with Crippen LogP contribution in [0.15, 0.2) is 65.7 Å². The average Bonchev–Trinajstić information content (AvgIpc) is 2.87. The summed E-state index contributed by atoms with van der Waals surface area (Å²) in [5, 5.41) is 0. The number of rotatable bonds is 5. The first-order valence-electron chi connectivity index (χ1n) is 10.4. The summed E-state index contributed by atoms with van der Waals surface area (Å²) in [6.07, 6.45) is 1.46. The van der Waals surface area contributed by atoms with Crippen LogP contribution in [0.3, 0.4) is 0 Å². The Labute approximate surface area is 195 Å². The van der Waals surface area contributed by atoms with Crippen LogP contribution in [0.4, 0.5) is 24.7 Å². The number of pyridine rings is 1. The largest absolute Gasteiger partial charge is 0.336 e. The maximum Gasteiger partial charge on any atom is 0.255 e. The molecule has 34 heavy (non-hydrogen) atoms. The minimum atomic E-state index is -4.39. The first-order chi connectivity index (χ1) is 16.2. The molecule has 11 heteroatoms. The van der Waals surface area contributed by atoms with Gasteiger partial charge in [-0.1, -0.05) is 18.2 Å². The van der Waals surface area contributed by atoms with Gasteiger partial charge in [-0.3, -0.25) is 4.79 Å². The summed E-state index contributed by atoms with van der Waals surface area (Å²) in [6.45, 7) is -0.131. The van der Waals surface area contributed by atoms with Crippen LogP contribution >= 0.6 is 0 Å². The van der Waals surface area contributed by atoms with Crippen LogP contribution in [-0.2, 0) is 10.0 Å². The lowest BCUT2D eigenvalue weighted by molar-refractivity contribution is 0.0697. The van der Waals surface area contributed by atoms with E-state index in [1.54, 1.807) is 12.1 Å². The summed E-state index contributed by atoms with van der Waals surface area (Å²) in [6, 6.07) is 14.2. The predicted molar refractivity (Wildman–Crippen MR) is 120 cm³/mol. The Morgan fingerprint density at radius 3 is 2.21 bits per heavy atom. The molecule has 0 atom stereocenters. The highest BCUT2D eigenvalue weighted by Crippen LogP contribution is 2.25. The first kappa shape index (κ1) is 23.7. The Balaban J connectivity index is 1.42. The molecule has 4 rings (SSSR count). The normalized spacial score (nSPS) is 14.8. The summed E-state index contributed by atoms with van der Waals surface area (Å²) >= 11 is 0. The molecule has 1 aliphatic heterocycles. The topological polar surface area (TPSA) is 73.8 Å². The predicted octanol–water partition coefficient (Wildman–Crippen LogP) is 3.41. The Kier molecular flexibility index (Phi) is 6.58. The lowest BCUT2D eigenvalue weighted by Gasteiger charge is -2.34. The van der Waals surface area contributed by atoms with E-state index in [4.69, 9.17) is 0 Å². The van der Waals surface area contributed by atoms with Gasteiger partial charge in [-0.2, -0.15) is 4.31 Å². The fourth-order valence-electron chi connectivity index (χ4n) is 3.66. The summed E-state index contributed by atoms with van der Waals surface area (Å²) in [4.78, 5) is 19.6. The number of carbonyl (C=O) groups excluding carboxylic acids is 1. The molecule has 1 fully saturated rings. The molecule has 3 aromatic rings. The standard InChI is InChI=1S/C23H21F3N4O3S/c1-28(17-5-3-2-4-6-17)20-10-7-16(15-27-20)23(31)29-11-13-30(14-12-29)34(32,33)19-9-8-18(24)21(25)22(19)26/h2-10,15H,11-14H2,1H3. The number of nitrogens with zero attached hydrogens (tertiary/aromatic N) is 4. The van der Waals surface area contributed by atoms with Crippen molar-refractivity contribution in [1.29, 1.82) is 0 Å². The van der Waals surface area contributed by atoms with E-state index in [9.17, 15) is 26.4 Å². The first-order valence-corrected chi connectivity index (χ1v) is 11.8. The minimum Gasteiger partial charge on any atom is -0.336 e. The molecular formula is C23H21F3N4O3S. The Morgan fingerprint density at radius 1 is 0.912 bits per heavy atom. The fourth-order valence-corrected chi connectivity index (χ4v) is 5.13. The van der Waals surface area contributed by atoms with Crippen molar-refractivity contribution in [2.75, 3.05) is 38.1 Å². The lowest BCUT2D eigenvalue weighted by atomic mass is 10.2. The number of amides is 1. The number of sulfonamides is 1. The number of para-hydroxylation sites is 1. The number of hydrogen-bond donors (Lipinski definition) is 0. The van der Waals surface area contributed by atoms with Crippen LogP contribution in [-0.4, -0.2) is 61.7 Å². The van der Waals surface area contributed by atoms with Crippen molar-refractivity contribution in [2.45, 2.75) is 4.90 Å². The number of halogens is 3. The number of hydrogen-bond acceptors (Lipinski definition) is 5. The number of anilines is 2. The van der Waals surface area contributed by atoms with E-state index in [2.05, 4.69) is 4.98 Å². The van der Waals surface area contributed by atoms with Gasteiger partial charge in [0.25, 0.3) is 5.91 Å². The van der Waals surface area contributed by atoms with Gasteiger partial charge in [-0.25, -0.2) is 26.6 Å². The molecule has 0 N–H and O–H groups in total. The van der Waals surface area contributed by atoms with Crippen LogP contribution in [0.2, 0.25) is 0 Å². The molecule has 2 heterocycles. The second-order valence-electron chi connectivity index (χ2n) is 7.67. The summed E-state index contributed by atoms with van der Waals surface area (Å²) in [5.41, 5.74) is 1.28. The maximum absolute atomic E-state index is 14.0. The van der Waals surface area contributed by atoms with Crippen LogP contribution in [0, 0.1) is 17.5 Å². The number of carbonyl (C=O) groups is 1. The molecule has 1 aliphatic rings. The molecule has 0 saturated carbocycles. The van der Waals surface area contributed by atoms with E-state index >= 15 is 0 Å². The van der Waals surface area contributed by atoms with Gasteiger partial charge in [0, 0.05) is 45.1 Å². The molecule has 0 spiro atoms. The third-order valence-electron chi connectivity index (χ3n) is 5.63. The Bertz CT molecular complexity index is 1300.